The minimum atomic E-state index is -0.883. The molecule has 3 aromatic rings. The number of esters is 1. The quantitative estimate of drug-likeness (QED) is 0.468. The molecule has 2 aromatic carbocycles. The lowest BCUT2D eigenvalue weighted by Gasteiger charge is -2.11. The number of hydrogen-bond acceptors (Lipinski definition) is 6. The Hall–Kier alpha value is -4.01. The Kier molecular flexibility index (Phi) is 6.48. The number of ether oxygens (including phenoxy) is 1. The third-order valence-electron chi connectivity index (χ3n) is 5.43. The van der Waals surface area contributed by atoms with Gasteiger partial charge in [-0.3, -0.25) is 19.0 Å². The van der Waals surface area contributed by atoms with Crippen LogP contribution in [0, 0.1) is 0 Å². The van der Waals surface area contributed by atoms with Crippen molar-refractivity contribution in [1.29, 1.82) is 0 Å². The van der Waals surface area contributed by atoms with E-state index in [0.29, 0.717) is 34.4 Å². The smallest absolute Gasteiger partial charge is 0.338 e. The summed E-state index contributed by atoms with van der Waals surface area (Å²) in [5, 5.41) is 5.39. The molecule has 0 spiro atoms. The van der Waals surface area contributed by atoms with E-state index in [2.05, 4.69) is 15.6 Å². The zero-order chi connectivity index (χ0) is 23.4. The molecule has 1 aliphatic heterocycles. The summed E-state index contributed by atoms with van der Waals surface area (Å²) in [4.78, 5) is 54.0. The van der Waals surface area contributed by atoms with E-state index >= 15 is 0 Å². The fourth-order valence-electron chi connectivity index (χ4n) is 3.78. The van der Waals surface area contributed by atoms with Crippen LogP contribution >= 0.6 is 0 Å². The molecule has 1 aromatic heterocycles. The first-order valence-electron chi connectivity index (χ1n) is 10.9. The van der Waals surface area contributed by atoms with Crippen molar-refractivity contribution in [2.45, 2.75) is 39.2 Å². The summed E-state index contributed by atoms with van der Waals surface area (Å²) < 4.78 is 6.61. The fraction of sp³-hybridized carbons (Fsp3) is 0.292. The molecular formula is C24H24N4O5. The zero-order valence-electron chi connectivity index (χ0n) is 18.2. The lowest BCUT2D eigenvalue weighted by Crippen LogP contribution is -2.29. The van der Waals surface area contributed by atoms with Gasteiger partial charge in [0.15, 0.2) is 0 Å². The van der Waals surface area contributed by atoms with Crippen molar-refractivity contribution in [2.24, 2.45) is 0 Å². The van der Waals surface area contributed by atoms with E-state index in [1.165, 1.54) is 24.3 Å². The largest absolute Gasteiger partial charge is 0.462 e. The molecule has 4 rings (SSSR count). The molecule has 2 heterocycles. The number of benzene rings is 2. The first-order valence-corrected chi connectivity index (χ1v) is 10.9. The number of hydrogen-bond donors (Lipinski definition) is 2. The number of aromatic nitrogens is 2. The van der Waals surface area contributed by atoms with Crippen LogP contribution in [0.15, 0.2) is 47.3 Å². The van der Waals surface area contributed by atoms with Crippen molar-refractivity contribution in [1.82, 2.24) is 9.55 Å². The van der Waals surface area contributed by atoms with Gasteiger partial charge in [0.2, 0.25) is 0 Å². The lowest BCUT2D eigenvalue weighted by atomic mass is 10.2. The number of aryl methyl sites for hydroxylation is 1. The van der Waals surface area contributed by atoms with E-state index in [4.69, 9.17) is 4.74 Å². The van der Waals surface area contributed by atoms with Crippen LogP contribution in [0.2, 0.25) is 0 Å². The van der Waals surface area contributed by atoms with Crippen LogP contribution in [0.1, 0.15) is 42.4 Å². The molecule has 0 unspecified atom stereocenters. The summed E-state index contributed by atoms with van der Waals surface area (Å²) in [6.07, 6.45) is 3.76. The predicted octanol–water partition coefficient (Wildman–Crippen LogP) is 2.88. The summed E-state index contributed by atoms with van der Waals surface area (Å²) in [6, 6.07) is 10.8. The number of carbonyl (C=O) groups excluding carboxylic acids is 3. The van der Waals surface area contributed by atoms with E-state index in [1.807, 2.05) is 0 Å². The highest BCUT2D eigenvalue weighted by Crippen LogP contribution is 2.18. The standard InChI is InChI=1S/C24H24N4O5/c1-2-33-24(32)15-7-9-16(10-8-15)25-21(29)22(30)26-17-11-12-19-18(14-17)23(31)28-13-5-3-4-6-20(28)27-19/h7-12,14H,2-6,13H2,1H3,(H,25,29)(H,26,30). The van der Waals surface area contributed by atoms with Gasteiger partial charge in [0.05, 0.1) is 23.1 Å². The number of anilines is 2. The van der Waals surface area contributed by atoms with Crippen LogP contribution in [-0.2, 0) is 27.3 Å². The second-order valence-corrected chi connectivity index (χ2v) is 7.73. The molecule has 0 aliphatic carbocycles. The molecule has 2 amide bonds. The van der Waals surface area contributed by atoms with Gasteiger partial charge in [0.25, 0.3) is 5.56 Å². The molecule has 0 saturated heterocycles. The number of carbonyl (C=O) groups is 3. The zero-order valence-corrected chi connectivity index (χ0v) is 18.2. The van der Waals surface area contributed by atoms with Crippen LogP contribution < -0.4 is 16.2 Å². The van der Waals surface area contributed by atoms with Crippen molar-refractivity contribution in [3.8, 4) is 0 Å². The SMILES string of the molecule is CCOC(=O)c1ccc(NC(=O)C(=O)Nc2ccc3nc4n(c(=O)c3c2)CCCCC4)cc1. The van der Waals surface area contributed by atoms with Gasteiger partial charge in [0.1, 0.15) is 5.82 Å². The predicted molar refractivity (Wildman–Crippen MR) is 123 cm³/mol. The topological polar surface area (TPSA) is 119 Å². The number of rotatable bonds is 4. The molecule has 0 saturated carbocycles. The van der Waals surface area contributed by atoms with E-state index in [1.54, 1.807) is 29.7 Å². The van der Waals surface area contributed by atoms with Gasteiger partial charge < -0.3 is 15.4 Å². The summed E-state index contributed by atoms with van der Waals surface area (Å²) in [5.41, 5.74) is 1.45. The van der Waals surface area contributed by atoms with E-state index < -0.39 is 17.8 Å². The maximum absolute atomic E-state index is 13.0. The van der Waals surface area contributed by atoms with Crippen molar-refractivity contribution in [3.63, 3.8) is 0 Å². The van der Waals surface area contributed by atoms with Gasteiger partial charge in [-0.1, -0.05) is 6.42 Å². The molecule has 170 valence electrons. The minimum Gasteiger partial charge on any atom is -0.462 e. The van der Waals surface area contributed by atoms with Crippen molar-refractivity contribution >= 4 is 40.1 Å². The summed E-state index contributed by atoms with van der Waals surface area (Å²) >= 11 is 0. The Labute approximate surface area is 189 Å². The molecule has 1 aliphatic rings. The first-order chi connectivity index (χ1) is 16.0. The van der Waals surface area contributed by atoms with Gasteiger partial charge >= 0.3 is 17.8 Å². The van der Waals surface area contributed by atoms with Gasteiger partial charge in [-0.05, 0) is 62.2 Å². The second-order valence-electron chi connectivity index (χ2n) is 7.73. The van der Waals surface area contributed by atoms with Gasteiger partial charge in [-0.2, -0.15) is 0 Å². The Morgan fingerprint density at radius 1 is 0.970 bits per heavy atom. The highest BCUT2D eigenvalue weighted by Gasteiger charge is 2.17. The summed E-state index contributed by atoms with van der Waals surface area (Å²) in [5.74, 6) is -1.44. The monoisotopic (exact) mass is 448 g/mol. The Morgan fingerprint density at radius 2 is 1.67 bits per heavy atom. The molecule has 9 nitrogen and oxygen atoms in total. The Bertz CT molecular complexity index is 1280. The summed E-state index contributed by atoms with van der Waals surface area (Å²) in [7, 11) is 0. The van der Waals surface area contributed by atoms with Crippen LogP contribution in [0.3, 0.4) is 0 Å². The van der Waals surface area contributed by atoms with E-state index in [0.717, 1.165) is 31.5 Å². The molecule has 0 bridgehead atoms. The van der Waals surface area contributed by atoms with Gasteiger partial charge in [0, 0.05) is 24.3 Å². The normalized spacial score (nSPS) is 13.0. The van der Waals surface area contributed by atoms with Crippen LogP contribution in [0.5, 0.6) is 0 Å². The van der Waals surface area contributed by atoms with Crippen LogP contribution in [0.25, 0.3) is 10.9 Å². The maximum Gasteiger partial charge on any atom is 0.338 e. The lowest BCUT2D eigenvalue weighted by molar-refractivity contribution is -0.132. The molecule has 0 fully saturated rings. The number of nitrogens with zero attached hydrogens (tertiary/aromatic N) is 2. The number of nitrogens with one attached hydrogen (secondary N) is 2. The average Bonchev–Trinajstić information content (AvgIpc) is 3.06. The highest BCUT2D eigenvalue weighted by atomic mass is 16.5. The average molecular weight is 448 g/mol. The third-order valence-corrected chi connectivity index (χ3v) is 5.43. The molecular weight excluding hydrogens is 424 g/mol. The van der Waals surface area contributed by atoms with Crippen molar-refractivity contribution < 1.29 is 19.1 Å². The summed E-state index contributed by atoms with van der Waals surface area (Å²) in [6.45, 7) is 2.60. The fourth-order valence-corrected chi connectivity index (χ4v) is 3.78. The minimum absolute atomic E-state index is 0.140. The van der Waals surface area contributed by atoms with E-state index in [-0.39, 0.29) is 12.2 Å². The molecule has 2 N–H and O–H groups in total. The molecule has 33 heavy (non-hydrogen) atoms. The third kappa shape index (κ3) is 4.92. The Morgan fingerprint density at radius 3 is 2.39 bits per heavy atom. The van der Waals surface area contributed by atoms with Crippen LogP contribution in [-0.4, -0.2) is 33.9 Å². The highest BCUT2D eigenvalue weighted by molar-refractivity contribution is 6.43. The Balaban J connectivity index is 1.47. The number of fused-ring (bicyclic) bond motifs is 2. The second kappa shape index (κ2) is 9.64. The number of amides is 2. The molecule has 9 heteroatoms. The van der Waals surface area contributed by atoms with Crippen molar-refractivity contribution in [2.75, 3.05) is 17.2 Å². The molecule has 0 radical (unpaired) electrons. The van der Waals surface area contributed by atoms with Crippen LogP contribution in [0.4, 0.5) is 11.4 Å². The van der Waals surface area contributed by atoms with E-state index in [9.17, 15) is 19.2 Å². The van der Waals surface area contributed by atoms with Gasteiger partial charge in [-0.15, -0.1) is 0 Å². The maximum atomic E-state index is 13.0. The molecule has 0 atom stereocenters. The first kappa shape index (κ1) is 22.2. The van der Waals surface area contributed by atoms with Crippen molar-refractivity contribution in [3.05, 3.63) is 64.2 Å². The van der Waals surface area contributed by atoms with Gasteiger partial charge in [-0.25, -0.2) is 9.78 Å².